The van der Waals surface area contributed by atoms with Crippen LogP contribution in [0.3, 0.4) is 0 Å². The van der Waals surface area contributed by atoms with Crippen molar-refractivity contribution in [3.63, 3.8) is 0 Å². The summed E-state index contributed by atoms with van der Waals surface area (Å²) >= 11 is 0. The van der Waals surface area contributed by atoms with E-state index in [1.165, 1.54) is 23.7 Å². The molecule has 1 N–H and O–H groups in total. The molecule has 0 spiro atoms. The van der Waals surface area contributed by atoms with Gasteiger partial charge in [-0.05, 0) is 25.7 Å². The smallest absolute Gasteiger partial charge is 0.326 e. The lowest BCUT2D eigenvalue weighted by molar-refractivity contribution is -0.144. The summed E-state index contributed by atoms with van der Waals surface area (Å²) in [6.45, 7) is -0.901. The number of nitrogens with zero attached hydrogens (tertiary/aromatic N) is 1. The molecule has 4 nitrogen and oxygen atoms in total. The molecule has 2 saturated heterocycles. The van der Waals surface area contributed by atoms with Crippen LogP contribution in [0.5, 0.6) is 0 Å². The Kier molecular flexibility index (Phi) is 5.59. The fraction of sp³-hybridized carbons (Fsp3) is 0.909. The topological polar surface area (TPSA) is 52.8 Å². The molecule has 0 amide bonds. The molecule has 3 unspecified atom stereocenters. The number of carboxylic acid groups (broad SMARTS) is 1. The molecule has 0 aliphatic carbocycles. The minimum absolute atomic E-state index is 0.188. The lowest BCUT2D eigenvalue weighted by atomic mass is 10.1. The molecule has 18 heavy (non-hydrogen) atoms. The van der Waals surface area contributed by atoms with Crippen molar-refractivity contribution < 1.29 is 19.1 Å². The highest BCUT2D eigenvalue weighted by molar-refractivity contribution is 8.77. The number of carboxylic acids is 1. The van der Waals surface area contributed by atoms with E-state index in [2.05, 4.69) is 0 Å². The molecule has 0 aromatic rings. The van der Waals surface area contributed by atoms with Crippen LogP contribution in [-0.2, 0) is 9.63 Å². The van der Waals surface area contributed by atoms with Crippen LogP contribution < -0.4 is 0 Å². The summed E-state index contributed by atoms with van der Waals surface area (Å²) < 4.78 is 12.5. The number of aliphatic carboxylic acids is 1. The van der Waals surface area contributed by atoms with Gasteiger partial charge in [0.05, 0.1) is 0 Å². The Morgan fingerprint density at radius 1 is 1.50 bits per heavy atom. The third-order valence-electron chi connectivity index (χ3n) is 3.17. The fourth-order valence-electron chi connectivity index (χ4n) is 2.07. The Morgan fingerprint density at radius 3 is 2.89 bits per heavy atom. The van der Waals surface area contributed by atoms with Crippen molar-refractivity contribution >= 4 is 27.6 Å². The maximum absolute atomic E-state index is 12.5. The Labute approximate surface area is 114 Å². The van der Waals surface area contributed by atoms with E-state index in [4.69, 9.17) is 9.94 Å². The Morgan fingerprint density at radius 2 is 2.28 bits per heavy atom. The zero-order valence-corrected chi connectivity index (χ0v) is 11.7. The number of hydrogen-bond donors (Lipinski definition) is 1. The first-order chi connectivity index (χ1) is 8.72. The number of halogens is 1. The van der Waals surface area contributed by atoms with Gasteiger partial charge in [-0.2, -0.15) is 0 Å². The largest absolute Gasteiger partial charge is 0.480 e. The second kappa shape index (κ2) is 6.98. The first-order valence-electron chi connectivity index (χ1n) is 6.24. The molecule has 0 bridgehead atoms. The average Bonchev–Trinajstić information content (AvgIpc) is 2.89. The molecule has 0 aromatic carbocycles. The summed E-state index contributed by atoms with van der Waals surface area (Å²) in [6, 6.07) is -1.13. The minimum atomic E-state index is -1.15. The zero-order valence-electron chi connectivity index (χ0n) is 10.1. The predicted molar refractivity (Wildman–Crippen MR) is 71.0 cm³/mol. The summed E-state index contributed by atoms with van der Waals surface area (Å²) in [5.74, 6) is 0.102. The van der Waals surface area contributed by atoms with Gasteiger partial charge in [0.25, 0.3) is 0 Å². The van der Waals surface area contributed by atoms with Crippen LogP contribution in [-0.4, -0.2) is 46.1 Å². The SMILES string of the molecule is O=C(O)C(CF)N1OC1CCCC[C@@H]1CCSS1. The van der Waals surface area contributed by atoms with E-state index in [1.54, 1.807) is 0 Å². The van der Waals surface area contributed by atoms with Crippen molar-refractivity contribution in [2.75, 3.05) is 12.4 Å². The molecule has 4 atom stereocenters. The average molecular weight is 295 g/mol. The number of alkyl halides is 1. The highest BCUT2D eigenvalue weighted by Crippen LogP contribution is 2.40. The molecule has 2 fully saturated rings. The van der Waals surface area contributed by atoms with Gasteiger partial charge >= 0.3 is 5.97 Å². The molecule has 0 aromatic heterocycles. The van der Waals surface area contributed by atoms with Crippen LogP contribution in [0.2, 0.25) is 0 Å². The van der Waals surface area contributed by atoms with Crippen LogP contribution >= 0.6 is 21.6 Å². The second-order valence-electron chi connectivity index (χ2n) is 4.54. The predicted octanol–water partition coefficient (Wildman–Crippen LogP) is 2.70. The number of hydroxylamine groups is 2. The van der Waals surface area contributed by atoms with Crippen molar-refractivity contribution in [2.24, 2.45) is 0 Å². The number of hydrogen-bond acceptors (Lipinski definition) is 5. The van der Waals surface area contributed by atoms with Crippen LogP contribution in [0.25, 0.3) is 0 Å². The maximum atomic E-state index is 12.5. The normalized spacial score (nSPS) is 32.4. The van der Waals surface area contributed by atoms with Gasteiger partial charge in [0.15, 0.2) is 12.3 Å². The van der Waals surface area contributed by atoms with Gasteiger partial charge in [0.2, 0.25) is 0 Å². The van der Waals surface area contributed by atoms with Gasteiger partial charge in [0.1, 0.15) is 6.67 Å². The Hall–Kier alpha value is 0.0200. The lowest BCUT2D eigenvalue weighted by Crippen LogP contribution is -2.32. The Bertz CT molecular complexity index is 289. The molecular weight excluding hydrogens is 277 g/mol. The van der Waals surface area contributed by atoms with E-state index < -0.39 is 18.7 Å². The summed E-state index contributed by atoms with van der Waals surface area (Å²) in [6.07, 6.45) is 5.28. The molecule has 2 aliphatic heterocycles. The van der Waals surface area contributed by atoms with Crippen LogP contribution in [0.15, 0.2) is 0 Å². The summed E-state index contributed by atoms with van der Waals surface area (Å²) in [5.41, 5.74) is 0. The summed E-state index contributed by atoms with van der Waals surface area (Å²) in [7, 11) is 3.92. The van der Waals surface area contributed by atoms with Gasteiger partial charge in [-0.15, -0.1) is 5.06 Å². The van der Waals surface area contributed by atoms with E-state index >= 15 is 0 Å². The lowest BCUT2D eigenvalue weighted by Gasteiger charge is -2.07. The van der Waals surface area contributed by atoms with Crippen molar-refractivity contribution in [1.29, 1.82) is 0 Å². The first-order valence-corrected chi connectivity index (χ1v) is 8.62. The highest BCUT2D eigenvalue weighted by Gasteiger charge is 2.45. The van der Waals surface area contributed by atoms with Gasteiger partial charge in [-0.25, -0.2) is 4.39 Å². The number of carbonyl (C=O) groups is 1. The third kappa shape index (κ3) is 4.01. The maximum Gasteiger partial charge on any atom is 0.326 e. The van der Waals surface area contributed by atoms with E-state index in [9.17, 15) is 9.18 Å². The fourth-order valence-corrected chi connectivity index (χ4v) is 5.09. The van der Waals surface area contributed by atoms with E-state index in [0.29, 0.717) is 0 Å². The first kappa shape index (κ1) is 14.4. The van der Waals surface area contributed by atoms with Crippen molar-refractivity contribution in [2.45, 2.75) is 49.6 Å². The second-order valence-corrected chi connectivity index (χ2v) is 7.33. The van der Waals surface area contributed by atoms with E-state index in [1.807, 2.05) is 21.6 Å². The molecular formula is C11H18FNO3S2. The quantitative estimate of drug-likeness (QED) is 0.422. The minimum Gasteiger partial charge on any atom is -0.480 e. The zero-order chi connectivity index (χ0) is 13.0. The highest BCUT2D eigenvalue weighted by atomic mass is 33.1. The van der Waals surface area contributed by atoms with Crippen molar-refractivity contribution in [3.05, 3.63) is 0 Å². The van der Waals surface area contributed by atoms with Gasteiger partial charge in [-0.3, -0.25) is 9.63 Å². The Balaban J connectivity index is 1.54. The molecule has 2 rings (SSSR count). The van der Waals surface area contributed by atoms with Gasteiger partial charge in [0, 0.05) is 11.0 Å². The summed E-state index contributed by atoms with van der Waals surface area (Å²) in [4.78, 5) is 15.8. The third-order valence-corrected chi connectivity index (χ3v) is 6.18. The molecule has 0 saturated carbocycles. The standard InChI is InChI=1S/C11H18FNO3S2/c12-7-9(11(14)15)13-10(16-13)4-2-1-3-8-5-6-17-18-8/h8-10H,1-7H2,(H,14,15)/t8-,9?,10?,13?/m1/s1. The number of rotatable bonds is 8. The van der Waals surface area contributed by atoms with Gasteiger partial charge in [-0.1, -0.05) is 28.0 Å². The number of unbranched alkanes of at least 4 members (excludes halogenated alkanes) is 1. The van der Waals surface area contributed by atoms with Crippen LogP contribution in [0.4, 0.5) is 4.39 Å². The monoisotopic (exact) mass is 295 g/mol. The van der Waals surface area contributed by atoms with Crippen molar-refractivity contribution in [1.82, 2.24) is 5.06 Å². The van der Waals surface area contributed by atoms with Crippen molar-refractivity contribution in [3.8, 4) is 0 Å². The van der Waals surface area contributed by atoms with E-state index in [-0.39, 0.29) is 6.23 Å². The summed E-state index contributed by atoms with van der Waals surface area (Å²) in [5, 5.41) is 10.8. The van der Waals surface area contributed by atoms with Gasteiger partial charge < -0.3 is 5.11 Å². The molecule has 2 heterocycles. The van der Waals surface area contributed by atoms with Crippen LogP contribution in [0.1, 0.15) is 32.1 Å². The molecule has 104 valence electrons. The molecule has 0 radical (unpaired) electrons. The molecule has 7 heteroatoms. The molecule has 2 aliphatic rings. The van der Waals surface area contributed by atoms with E-state index in [0.717, 1.165) is 24.5 Å². The van der Waals surface area contributed by atoms with Crippen LogP contribution in [0, 0.1) is 0 Å².